The Labute approximate surface area is 94.7 Å². The maximum absolute atomic E-state index is 11.8. The average molecular weight is 227 g/mol. The van der Waals surface area contributed by atoms with Crippen molar-refractivity contribution in [2.75, 3.05) is 26.9 Å². The zero-order valence-corrected chi connectivity index (χ0v) is 9.48. The molecule has 2 amide bonds. The Morgan fingerprint density at radius 2 is 2.06 bits per heavy atom. The molecule has 5 heteroatoms. The molecular formula is C11H17NO4. The maximum Gasteiger partial charge on any atom is 0.258 e. The number of nitrogens with zero attached hydrogens (tertiary/aromatic N) is 1. The third-order valence-electron chi connectivity index (χ3n) is 3.27. The molecule has 2 aliphatic rings. The summed E-state index contributed by atoms with van der Waals surface area (Å²) in [6.45, 7) is 1.99. The van der Waals surface area contributed by atoms with E-state index >= 15 is 0 Å². The van der Waals surface area contributed by atoms with Crippen molar-refractivity contribution in [3.63, 3.8) is 0 Å². The van der Waals surface area contributed by atoms with E-state index in [1.807, 2.05) is 0 Å². The smallest absolute Gasteiger partial charge is 0.258 e. The normalized spacial score (nSPS) is 27.8. The fraction of sp³-hybridized carbons (Fsp3) is 0.818. The van der Waals surface area contributed by atoms with Gasteiger partial charge < -0.3 is 9.47 Å². The van der Waals surface area contributed by atoms with Crippen molar-refractivity contribution in [2.45, 2.75) is 25.4 Å². The molecule has 2 fully saturated rings. The molecule has 2 aliphatic heterocycles. The van der Waals surface area contributed by atoms with Gasteiger partial charge in [0, 0.05) is 26.9 Å². The second kappa shape index (κ2) is 4.93. The summed E-state index contributed by atoms with van der Waals surface area (Å²) in [5.41, 5.74) is 0. The molecule has 2 saturated heterocycles. The largest absolute Gasteiger partial charge is 0.381 e. The number of rotatable bonds is 3. The SMILES string of the molecule is COC1CC(=O)N(CC2CCOCC2)C1=O. The van der Waals surface area contributed by atoms with Crippen LogP contribution in [0, 0.1) is 5.92 Å². The van der Waals surface area contributed by atoms with Crippen LogP contribution < -0.4 is 0 Å². The molecule has 0 aromatic rings. The standard InChI is InChI=1S/C11H17NO4/c1-15-9-6-10(13)12(11(9)14)7-8-2-4-16-5-3-8/h8-9H,2-7H2,1H3. The van der Waals surface area contributed by atoms with Gasteiger partial charge in [0.05, 0.1) is 6.42 Å². The van der Waals surface area contributed by atoms with Crippen molar-refractivity contribution in [2.24, 2.45) is 5.92 Å². The number of hydrogen-bond donors (Lipinski definition) is 0. The summed E-state index contributed by atoms with van der Waals surface area (Å²) >= 11 is 0. The Hall–Kier alpha value is -0.940. The molecule has 2 rings (SSSR count). The van der Waals surface area contributed by atoms with Gasteiger partial charge in [0.15, 0.2) is 0 Å². The average Bonchev–Trinajstić information content (AvgIpc) is 2.58. The molecule has 16 heavy (non-hydrogen) atoms. The minimum Gasteiger partial charge on any atom is -0.381 e. The van der Waals surface area contributed by atoms with Crippen LogP contribution in [0.4, 0.5) is 0 Å². The lowest BCUT2D eigenvalue weighted by Crippen LogP contribution is -2.38. The molecule has 0 saturated carbocycles. The molecule has 1 unspecified atom stereocenters. The van der Waals surface area contributed by atoms with Crippen LogP contribution in [0.15, 0.2) is 0 Å². The first-order chi connectivity index (χ1) is 7.72. The summed E-state index contributed by atoms with van der Waals surface area (Å²) in [6, 6.07) is 0. The lowest BCUT2D eigenvalue weighted by Gasteiger charge is -2.25. The van der Waals surface area contributed by atoms with Crippen molar-refractivity contribution in [1.29, 1.82) is 0 Å². The zero-order valence-electron chi connectivity index (χ0n) is 9.48. The summed E-state index contributed by atoms with van der Waals surface area (Å²) in [4.78, 5) is 24.7. The molecule has 5 nitrogen and oxygen atoms in total. The number of methoxy groups -OCH3 is 1. The highest BCUT2D eigenvalue weighted by Crippen LogP contribution is 2.21. The van der Waals surface area contributed by atoms with Gasteiger partial charge in [-0.25, -0.2) is 0 Å². The second-order valence-electron chi connectivity index (χ2n) is 4.33. The van der Waals surface area contributed by atoms with E-state index in [2.05, 4.69) is 0 Å². The molecule has 0 spiro atoms. The van der Waals surface area contributed by atoms with Crippen LogP contribution in [-0.2, 0) is 19.1 Å². The molecule has 0 aromatic carbocycles. The quantitative estimate of drug-likeness (QED) is 0.646. The Balaban J connectivity index is 1.93. The lowest BCUT2D eigenvalue weighted by atomic mass is 10.00. The molecule has 0 N–H and O–H groups in total. The van der Waals surface area contributed by atoms with Crippen LogP contribution in [0.2, 0.25) is 0 Å². The van der Waals surface area contributed by atoms with E-state index in [1.165, 1.54) is 12.0 Å². The first kappa shape index (κ1) is 11.5. The van der Waals surface area contributed by atoms with E-state index in [-0.39, 0.29) is 18.2 Å². The van der Waals surface area contributed by atoms with Gasteiger partial charge in [-0.15, -0.1) is 0 Å². The summed E-state index contributed by atoms with van der Waals surface area (Å²) in [5, 5.41) is 0. The highest BCUT2D eigenvalue weighted by molar-refractivity contribution is 6.04. The molecule has 0 aliphatic carbocycles. The van der Waals surface area contributed by atoms with Crippen LogP contribution in [0.3, 0.4) is 0 Å². The molecule has 2 heterocycles. The summed E-state index contributed by atoms with van der Waals surface area (Å²) in [6.07, 6.45) is 1.48. The van der Waals surface area contributed by atoms with Crippen molar-refractivity contribution >= 4 is 11.8 Å². The number of carbonyl (C=O) groups is 2. The fourth-order valence-corrected chi connectivity index (χ4v) is 2.22. The highest BCUT2D eigenvalue weighted by atomic mass is 16.5. The first-order valence-electron chi connectivity index (χ1n) is 5.67. The fourth-order valence-electron chi connectivity index (χ4n) is 2.22. The van der Waals surface area contributed by atoms with Crippen molar-refractivity contribution in [1.82, 2.24) is 4.90 Å². The van der Waals surface area contributed by atoms with Crippen molar-refractivity contribution in [3.8, 4) is 0 Å². The Morgan fingerprint density at radius 1 is 1.38 bits per heavy atom. The van der Waals surface area contributed by atoms with Gasteiger partial charge >= 0.3 is 0 Å². The summed E-state index contributed by atoms with van der Waals surface area (Å²) < 4.78 is 10.2. The Morgan fingerprint density at radius 3 is 2.62 bits per heavy atom. The van der Waals surface area contributed by atoms with Gasteiger partial charge in [0.2, 0.25) is 5.91 Å². The monoisotopic (exact) mass is 227 g/mol. The van der Waals surface area contributed by atoms with Crippen molar-refractivity contribution < 1.29 is 19.1 Å². The molecule has 1 atom stereocenters. The topological polar surface area (TPSA) is 55.8 Å². The second-order valence-corrected chi connectivity index (χ2v) is 4.33. The van der Waals surface area contributed by atoms with E-state index < -0.39 is 6.10 Å². The first-order valence-corrected chi connectivity index (χ1v) is 5.67. The van der Waals surface area contributed by atoms with E-state index in [0.717, 1.165) is 26.1 Å². The van der Waals surface area contributed by atoms with Crippen LogP contribution in [-0.4, -0.2) is 49.7 Å². The van der Waals surface area contributed by atoms with E-state index in [9.17, 15) is 9.59 Å². The van der Waals surface area contributed by atoms with E-state index in [1.54, 1.807) is 0 Å². The Kier molecular flexibility index (Phi) is 3.56. The molecule has 0 aromatic heterocycles. The number of amides is 2. The predicted molar refractivity (Wildman–Crippen MR) is 55.7 cm³/mol. The van der Waals surface area contributed by atoms with Crippen molar-refractivity contribution in [3.05, 3.63) is 0 Å². The highest BCUT2D eigenvalue weighted by Gasteiger charge is 2.39. The number of imide groups is 1. The third kappa shape index (κ3) is 2.25. The minimum atomic E-state index is -0.563. The minimum absolute atomic E-state index is 0.108. The molecule has 90 valence electrons. The summed E-state index contributed by atoms with van der Waals surface area (Å²) in [5.74, 6) is 0.0968. The number of hydrogen-bond acceptors (Lipinski definition) is 4. The van der Waals surface area contributed by atoms with Gasteiger partial charge in [-0.05, 0) is 18.8 Å². The zero-order chi connectivity index (χ0) is 11.5. The van der Waals surface area contributed by atoms with E-state index in [4.69, 9.17) is 9.47 Å². The van der Waals surface area contributed by atoms with Crippen LogP contribution >= 0.6 is 0 Å². The molecule has 0 bridgehead atoms. The molecular weight excluding hydrogens is 210 g/mol. The van der Waals surface area contributed by atoms with Gasteiger partial charge in [0.1, 0.15) is 6.10 Å². The van der Waals surface area contributed by atoms with Crippen LogP contribution in [0.5, 0.6) is 0 Å². The summed E-state index contributed by atoms with van der Waals surface area (Å²) in [7, 11) is 1.47. The third-order valence-corrected chi connectivity index (χ3v) is 3.27. The van der Waals surface area contributed by atoms with Gasteiger partial charge in [-0.3, -0.25) is 14.5 Å². The number of ether oxygens (including phenoxy) is 2. The number of carbonyl (C=O) groups excluding carboxylic acids is 2. The number of likely N-dealkylation sites (tertiary alicyclic amines) is 1. The predicted octanol–water partition coefficient (Wildman–Crippen LogP) is 0.187. The maximum atomic E-state index is 11.8. The van der Waals surface area contributed by atoms with Crippen LogP contribution in [0.1, 0.15) is 19.3 Å². The van der Waals surface area contributed by atoms with Crippen LogP contribution in [0.25, 0.3) is 0 Å². The Bertz CT molecular complexity index is 286. The van der Waals surface area contributed by atoms with Gasteiger partial charge in [-0.1, -0.05) is 0 Å². The lowest BCUT2D eigenvalue weighted by molar-refractivity contribution is -0.142. The van der Waals surface area contributed by atoms with E-state index in [0.29, 0.717) is 12.5 Å². The van der Waals surface area contributed by atoms with Gasteiger partial charge in [0.25, 0.3) is 5.91 Å². The molecule has 0 radical (unpaired) electrons. The van der Waals surface area contributed by atoms with Gasteiger partial charge in [-0.2, -0.15) is 0 Å².